The van der Waals surface area contributed by atoms with Crippen molar-refractivity contribution in [2.24, 2.45) is 5.92 Å². The van der Waals surface area contributed by atoms with Gasteiger partial charge in [-0.1, -0.05) is 30.3 Å². The van der Waals surface area contributed by atoms with Crippen molar-refractivity contribution in [3.8, 4) is 0 Å². The van der Waals surface area contributed by atoms with Crippen molar-refractivity contribution < 1.29 is 19.8 Å². The number of aliphatic hydroxyl groups excluding tert-OH is 1. The number of amides is 1. The number of likely N-dealkylation sites (tertiary alicyclic amines) is 1. The van der Waals surface area contributed by atoms with Crippen LogP contribution in [0, 0.1) is 5.92 Å². The first-order chi connectivity index (χ1) is 8.04. The van der Waals surface area contributed by atoms with Gasteiger partial charge in [0.2, 0.25) is 0 Å². The van der Waals surface area contributed by atoms with Crippen LogP contribution in [0.4, 0.5) is 0 Å². The molecule has 0 radical (unpaired) electrons. The molecule has 5 heteroatoms. The Morgan fingerprint density at radius 2 is 1.88 bits per heavy atom. The summed E-state index contributed by atoms with van der Waals surface area (Å²) < 4.78 is 0. The number of hydrogen-bond donors (Lipinski definition) is 2. The second-order valence-corrected chi connectivity index (χ2v) is 4.11. The molecular weight excluding hydrogens is 222 g/mol. The van der Waals surface area contributed by atoms with E-state index in [4.69, 9.17) is 5.11 Å². The van der Waals surface area contributed by atoms with E-state index in [9.17, 15) is 14.7 Å². The van der Waals surface area contributed by atoms with Gasteiger partial charge in [0.05, 0.1) is 6.04 Å². The average Bonchev–Trinajstić information content (AvgIpc) is 2.55. The van der Waals surface area contributed by atoms with E-state index in [1.54, 1.807) is 24.3 Å². The molecule has 0 aliphatic carbocycles. The molecule has 0 saturated carbocycles. The van der Waals surface area contributed by atoms with Gasteiger partial charge in [0.25, 0.3) is 5.91 Å². The number of carbonyl (C=O) groups excluding carboxylic acids is 1. The Balaban J connectivity index is 2.43. The highest BCUT2D eigenvalue weighted by Gasteiger charge is 2.50. The molecule has 5 nitrogen and oxygen atoms in total. The van der Waals surface area contributed by atoms with Crippen molar-refractivity contribution in [3.05, 3.63) is 35.9 Å². The van der Waals surface area contributed by atoms with E-state index < -0.39 is 29.9 Å². The van der Waals surface area contributed by atoms with Crippen LogP contribution >= 0.6 is 0 Å². The summed E-state index contributed by atoms with van der Waals surface area (Å²) in [6.07, 6.45) is -1.47. The number of carbonyl (C=O) groups is 2. The van der Waals surface area contributed by atoms with Crippen LogP contribution in [-0.2, 0) is 9.59 Å². The van der Waals surface area contributed by atoms with Gasteiger partial charge in [-0.2, -0.15) is 0 Å². The molecule has 17 heavy (non-hydrogen) atoms. The summed E-state index contributed by atoms with van der Waals surface area (Å²) in [6.45, 7) is 0. The molecule has 1 amide bonds. The van der Waals surface area contributed by atoms with E-state index >= 15 is 0 Å². The van der Waals surface area contributed by atoms with Gasteiger partial charge in [0, 0.05) is 7.05 Å². The van der Waals surface area contributed by atoms with Crippen LogP contribution < -0.4 is 0 Å². The zero-order chi connectivity index (χ0) is 12.6. The predicted molar refractivity (Wildman–Crippen MR) is 59.1 cm³/mol. The van der Waals surface area contributed by atoms with Crippen LogP contribution in [0.25, 0.3) is 0 Å². The van der Waals surface area contributed by atoms with Gasteiger partial charge in [-0.15, -0.1) is 0 Å². The van der Waals surface area contributed by atoms with Crippen molar-refractivity contribution in [2.75, 3.05) is 7.05 Å². The van der Waals surface area contributed by atoms with E-state index in [1.165, 1.54) is 11.9 Å². The number of aliphatic carboxylic acids is 1. The van der Waals surface area contributed by atoms with Crippen molar-refractivity contribution in [3.63, 3.8) is 0 Å². The molecular formula is C12H13NO4. The second-order valence-electron chi connectivity index (χ2n) is 4.11. The van der Waals surface area contributed by atoms with Crippen molar-refractivity contribution in [2.45, 2.75) is 12.1 Å². The summed E-state index contributed by atoms with van der Waals surface area (Å²) in [6, 6.07) is 8.25. The Labute approximate surface area is 98.3 Å². The first-order valence-electron chi connectivity index (χ1n) is 5.26. The van der Waals surface area contributed by atoms with Crippen LogP contribution in [0.1, 0.15) is 11.6 Å². The Morgan fingerprint density at radius 1 is 1.29 bits per heavy atom. The summed E-state index contributed by atoms with van der Waals surface area (Å²) in [5, 5.41) is 18.8. The first kappa shape index (κ1) is 11.6. The molecule has 0 unspecified atom stereocenters. The summed E-state index contributed by atoms with van der Waals surface area (Å²) in [5.74, 6) is -2.83. The fourth-order valence-corrected chi connectivity index (χ4v) is 2.26. The zero-order valence-electron chi connectivity index (χ0n) is 9.28. The van der Waals surface area contributed by atoms with Crippen LogP contribution in [0.2, 0.25) is 0 Å². The molecule has 1 aromatic carbocycles. The number of hydrogen-bond acceptors (Lipinski definition) is 3. The van der Waals surface area contributed by atoms with Crippen molar-refractivity contribution in [1.82, 2.24) is 4.90 Å². The summed E-state index contributed by atoms with van der Waals surface area (Å²) in [5.41, 5.74) is 0.715. The molecule has 1 aliphatic heterocycles. The maximum Gasteiger partial charge on any atom is 0.312 e. The topological polar surface area (TPSA) is 77.8 Å². The maximum absolute atomic E-state index is 11.6. The Bertz CT molecular complexity index is 445. The minimum absolute atomic E-state index is 0.550. The lowest BCUT2D eigenvalue weighted by molar-refractivity contribution is -0.147. The number of aliphatic hydroxyl groups is 1. The minimum Gasteiger partial charge on any atom is -0.481 e. The Hall–Kier alpha value is -1.88. The molecule has 90 valence electrons. The second kappa shape index (κ2) is 4.18. The largest absolute Gasteiger partial charge is 0.481 e. The molecule has 1 aromatic rings. The highest BCUT2D eigenvalue weighted by Crippen LogP contribution is 2.37. The minimum atomic E-state index is -1.47. The molecule has 3 atom stereocenters. The highest BCUT2D eigenvalue weighted by molar-refractivity contribution is 5.91. The SMILES string of the molecule is CN1C(=O)[C@@H](O)[C@@H](C(=O)O)[C@H]1c1ccccc1. The fraction of sp³-hybridized carbons (Fsp3) is 0.333. The summed E-state index contributed by atoms with van der Waals surface area (Å²) >= 11 is 0. The molecule has 2 rings (SSSR count). The van der Waals surface area contributed by atoms with Crippen molar-refractivity contribution >= 4 is 11.9 Å². The third-order valence-electron chi connectivity index (χ3n) is 3.12. The van der Waals surface area contributed by atoms with E-state index in [1.807, 2.05) is 6.07 Å². The van der Waals surface area contributed by atoms with Crippen LogP contribution in [0.15, 0.2) is 30.3 Å². The smallest absolute Gasteiger partial charge is 0.312 e. The van der Waals surface area contributed by atoms with E-state index in [0.717, 1.165) is 0 Å². The molecule has 0 aromatic heterocycles. The van der Waals surface area contributed by atoms with Crippen LogP contribution in [0.5, 0.6) is 0 Å². The maximum atomic E-state index is 11.6. The Kier molecular flexibility index (Phi) is 2.85. The lowest BCUT2D eigenvalue weighted by atomic mass is 9.92. The van der Waals surface area contributed by atoms with E-state index in [0.29, 0.717) is 5.56 Å². The quantitative estimate of drug-likeness (QED) is 0.770. The Morgan fingerprint density at radius 3 is 2.41 bits per heavy atom. The average molecular weight is 235 g/mol. The molecule has 0 bridgehead atoms. The number of nitrogens with zero attached hydrogens (tertiary/aromatic N) is 1. The molecule has 0 spiro atoms. The normalized spacial score (nSPS) is 28.5. The van der Waals surface area contributed by atoms with Gasteiger partial charge in [0.15, 0.2) is 0 Å². The van der Waals surface area contributed by atoms with E-state index in [-0.39, 0.29) is 0 Å². The lowest BCUT2D eigenvalue weighted by Gasteiger charge is -2.22. The lowest BCUT2D eigenvalue weighted by Crippen LogP contribution is -2.29. The third kappa shape index (κ3) is 1.78. The van der Waals surface area contributed by atoms with Crippen LogP contribution in [0.3, 0.4) is 0 Å². The van der Waals surface area contributed by atoms with Gasteiger partial charge in [-0.25, -0.2) is 0 Å². The number of carboxylic acid groups (broad SMARTS) is 1. The first-order valence-corrected chi connectivity index (χ1v) is 5.26. The molecule has 1 aliphatic rings. The zero-order valence-corrected chi connectivity index (χ0v) is 9.28. The van der Waals surface area contributed by atoms with Crippen molar-refractivity contribution in [1.29, 1.82) is 0 Å². The van der Waals surface area contributed by atoms with Crippen LogP contribution in [-0.4, -0.2) is 40.1 Å². The monoisotopic (exact) mass is 235 g/mol. The van der Waals surface area contributed by atoms with Gasteiger partial charge >= 0.3 is 5.97 Å². The standard InChI is InChI=1S/C12H13NO4/c1-13-9(7-5-3-2-4-6-7)8(12(16)17)10(14)11(13)15/h2-6,8-10,14H,1H3,(H,16,17)/t8-,9+,10-/m0/s1. The van der Waals surface area contributed by atoms with E-state index in [2.05, 4.69) is 0 Å². The summed E-state index contributed by atoms with van der Waals surface area (Å²) in [4.78, 5) is 24.1. The number of likely N-dealkylation sites (N-methyl/N-ethyl adjacent to an activating group) is 1. The van der Waals surface area contributed by atoms with Gasteiger partial charge in [-0.3, -0.25) is 9.59 Å². The molecule has 1 fully saturated rings. The molecule has 1 heterocycles. The molecule has 1 saturated heterocycles. The predicted octanol–water partition coefficient (Wildman–Crippen LogP) is 0.261. The number of benzene rings is 1. The van der Waals surface area contributed by atoms with Gasteiger partial charge < -0.3 is 15.1 Å². The number of carboxylic acids is 1. The third-order valence-corrected chi connectivity index (χ3v) is 3.12. The summed E-state index contributed by atoms with van der Waals surface area (Å²) in [7, 11) is 1.51. The molecule has 2 N–H and O–H groups in total. The highest BCUT2D eigenvalue weighted by atomic mass is 16.4. The van der Waals surface area contributed by atoms with Gasteiger partial charge in [0.1, 0.15) is 12.0 Å². The fourth-order valence-electron chi connectivity index (χ4n) is 2.26. The number of rotatable bonds is 2. The van der Waals surface area contributed by atoms with Gasteiger partial charge in [-0.05, 0) is 5.56 Å².